The summed E-state index contributed by atoms with van der Waals surface area (Å²) in [6, 6.07) is 31.6. The van der Waals surface area contributed by atoms with Gasteiger partial charge in [0.25, 0.3) is 5.91 Å². The van der Waals surface area contributed by atoms with Gasteiger partial charge < -0.3 is 10.1 Å². The number of amides is 1. The van der Waals surface area contributed by atoms with Crippen molar-refractivity contribution in [1.82, 2.24) is 0 Å². The van der Waals surface area contributed by atoms with E-state index in [0.717, 1.165) is 5.56 Å². The predicted molar refractivity (Wildman–Crippen MR) is 140 cm³/mol. The average molecular weight is 464 g/mol. The van der Waals surface area contributed by atoms with Gasteiger partial charge in [-0.3, -0.25) is 9.59 Å². The molecule has 4 rings (SSSR count). The highest BCUT2D eigenvalue weighted by Crippen LogP contribution is 2.24. The molecule has 0 aliphatic carbocycles. The largest absolute Gasteiger partial charge is 0.489 e. The number of carbonyl (C=O) groups is 2. The maximum Gasteiger partial charge on any atom is 0.255 e. The Morgan fingerprint density at radius 2 is 1.40 bits per heavy atom. The molecule has 1 amide bonds. The van der Waals surface area contributed by atoms with E-state index in [1.54, 1.807) is 42.5 Å². The SMILES string of the molecule is CC(C)(C)c1ccc(C(=O)c2cccc(NC(=O)c3cccc(OCc4ccccc4)c3)c2)cc1. The molecule has 0 aliphatic heterocycles. The molecule has 0 aliphatic rings. The van der Waals surface area contributed by atoms with E-state index in [0.29, 0.717) is 34.7 Å². The number of anilines is 1. The highest BCUT2D eigenvalue weighted by molar-refractivity contribution is 6.10. The topological polar surface area (TPSA) is 55.4 Å². The number of nitrogens with one attached hydrogen (secondary N) is 1. The second-order valence-corrected chi connectivity index (χ2v) is 9.49. The third-order valence-electron chi connectivity index (χ3n) is 5.74. The van der Waals surface area contributed by atoms with Gasteiger partial charge in [-0.2, -0.15) is 0 Å². The lowest BCUT2D eigenvalue weighted by Gasteiger charge is -2.19. The van der Waals surface area contributed by atoms with E-state index in [-0.39, 0.29) is 17.1 Å². The fraction of sp³-hybridized carbons (Fsp3) is 0.161. The molecule has 0 bridgehead atoms. The molecule has 0 saturated carbocycles. The molecule has 0 unspecified atom stereocenters. The van der Waals surface area contributed by atoms with Crippen molar-refractivity contribution in [3.8, 4) is 5.75 Å². The third kappa shape index (κ3) is 6.24. The maximum atomic E-state index is 13.0. The Bertz CT molecular complexity index is 1320. The first kappa shape index (κ1) is 24.0. The summed E-state index contributed by atoms with van der Waals surface area (Å²) >= 11 is 0. The molecular weight excluding hydrogens is 434 g/mol. The van der Waals surface area contributed by atoms with Gasteiger partial charge in [-0.1, -0.05) is 93.6 Å². The number of hydrogen-bond acceptors (Lipinski definition) is 3. The van der Waals surface area contributed by atoms with E-state index >= 15 is 0 Å². The van der Waals surface area contributed by atoms with Crippen LogP contribution in [0.1, 0.15) is 58.2 Å². The van der Waals surface area contributed by atoms with Crippen LogP contribution in [0.2, 0.25) is 0 Å². The van der Waals surface area contributed by atoms with Gasteiger partial charge in [0.1, 0.15) is 12.4 Å². The minimum absolute atomic E-state index is 0.0235. The Balaban J connectivity index is 1.44. The molecule has 35 heavy (non-hydrogen) atoms. The van der Waals surface area contributed by atoms with Crippen LogP contribution in [-0.4, -0.2) is 11.7 Å². The first-order valence-corrected chi connectivity index (χ1v) is 11.6. The molecule has 4 aromatic rings. The van der Waals surface area contributed by atoms with Crippen molar-refractivity contribution in [2.24, 2.45) is 0 Å². The van der Waals surface area contributed by atoms with Gasteiger partial charge in [0.05, 0.1) is 0 Å². The molecule has 1 N–H and O–H groups in total. The summed E-state index contributed by atoms with van der Waals surface area (Å²) in [4.78, 5) is 25.9. The lowest BCUT2D eigenvalue weighted by Crippen LogP contribution is -2.13. The summed E-state index contributed by atoms with van der Waals surface area (Å²) in [6.45, 7) is 6.84. The van der Waals surface area contributed by atoms with Crippen molar-refractivity contribution in [2.75, 3.05) is 5.32 Å². The molecule has 0 radical (unpaired) electrons. The van der Waals surface area contributed by atoms with Gasteiger partial charge in [0, 0.05) is 22.4 Å². The molecule has 0 spiro atoms. The van der Waals surface area contributed by atoms with Crippen LogP contribution >= 0.6 is 0 Å². The number of hydrogen-bond donors (Lipinski definition) is 1. The Labute approximate surface area is 206 Å². The Morgan fingerprint density at radius 1 is 0.714 bits per heavy atom. The molecular formula is C31H29NO3. The van der Waals surface area contributed by atoms with Crippen LogP contribution in [0.5, 0.6) is 5.75 Å². The van der Waals surface area contributed by atoms with Crippen LogP contribution < -0.4 is 10.1 Å². The van der Waals surface area contributed by atoms with Crippen molar-refractivity contribution < 1.29 is 14.3 Å². The van der Waals surface area contributed by atoms with Crippen molar-refractivity contribution >= 4 is 17.4 Å². The van der Waals surface area contributed by atoms with Gasteiger partial charge in [-0.05, 0) is 46.9 Å². The zero-order valence-corrected chi connectivity index (χ0v) is 20.2. The lowest BCUT2D eigenvalue weighted by atomic mass is 9.86. The van der Waals surface area contributed by atoms with Gasteiger partial charge in [-0.15, -0.1) is 0 Å². The Kier molecular flexibility index (Phi) is 7.11. The number of carbonyl (C=O) groups excluding carboxylic acids is 2. The van der Waals surface area contributed by atoms with Crippen LogP contribution in [0, 0.1) is 0 Å². The fourth-order valence-corrected chi connectivity index (χ4v) is 3.70. The zero-order valence-electron chi connectivity index (χ0n) is 20.2. The summed E-state index contributed by atoms with van der Waals surface area (Å²) in [6.07, 6.45) is 0. The standard InChI is InChI=1S/C31H29NO3/c1-31(2,3)26-17-15-23(16-18-26)29(33)24-11-7-13-27(19-24)32-30(34)25-12-8-14-28(20-25)35-21-22-9-5-4-6-10-22/h4-20H,21H2,1-3H3,(H,32,34). The number of benzene rings is 4. The molecule has 0 aromatic heterocycles. The van der Waals surface area contributed by atoms with Crippen molar-refractivity contribution in [3.05, 3.63) is 131 Å². The Hall–Kier alpha value is -4.18. The van der Waals surface area contributed by atoms with Gasteiger partial charge in [-0.25, -0.2) is 0 Å². The summed E-state index contributed by atoms with van der Waals surface area (Å²) in [5.41, 5.74) is 4.42. The quantitative estimate of drug-likeness (QED) is 0.299. The monoisotopic (exact) mass is 463 g/mol. The second-order valence-electron chi connectivity index (χ2n) is 9.49. The van der Waals surface area contributed by atoms with E-state index in [4.69, 9.17) is 4.74 Å². The summed E-state index contributed by atoms with van der Waals surface area (Å²) < 4.78 is 5.84. The van der Waals surface area contributed by atoms with Gasteiger partial charge in [0.2, 0.25) is 0 Å². The summed E-state index contributed by atoms with van der Waals surface area (Å²) in [5, 5.41) is 2.89. The first-order valence-electron chi connectivity index (χ1n) is 11.6. The maximum absolute atomic E-state index is 13.0. The molecule has 0 saturated heterocycles. The van der Waals surface area contributed by atoms with E-state index in [2.05, 4.69) is 26.1 Å². The number of rotatable bonds is 7. The van der Waals surface area contributed by atoms with Crippen LogP contribution in [0.25, 0.3) is 0 Å². The molecule has 176 valence electrons. The van der Waals surface area contributed by atoms with Crippen LogP contribution in [0.3, 0.4) is 0 Å². The fourth-order valence-electron chi connectivity index (χ4n) is 3.70. The minimum Gasteiger partial charge on any atom is -0.489 e. The lowest BCUT2D eigenvalue weighted by molar-refractivity contribution is 0.102. The zero-order chi connectivity index (χ0) is 24.8. The predicted octanol–water partition coefficient (Wildman–Crippen LogP) is 7.05. The molecule has 4 heteroatoms. The average Bonchev–Trinajstić information content (AvgIpc) is 2.87. The first-order chi connectivity index (χ1) is 16.8. The molecule has 0 heterocycles. The highest BCUT2D eigenvalue weighted by atomic mass is 16.5. The van der Waals surface area contributed by atoms with E-state index in [9.17, 15) is 9.59 Å². The van der Waals surface area contributed by atoms with Crippen molar-refractivity contribution in [3.63, 3.8) is 0 Å². The van der Waals surface area contributed by atoms with E-state index in [1.165, 1.54) is 5.56 Å². The summed E-state index contributed by atoms with van der Waals surface area (Å²) in [7, 11) is 0. The molecule has 4 nitrogen and oxygen atoms in total. The van der Waals surface area contributed by atoms with Crippen LogP contribution in [-0.2, 0) is 12.0 Å². The van der Waals surface area contributed by atoms with Gasteiger partial charge in [0.15, 0.2) is 5.78 Å². The van der Waals surface area contributed by atoms with Crippen molar-refractivity contribution in [1.29, 1.82) is 0 Å². The van der Waals surface area contributed by atoms with Crippen molar-refractivity contribution in [2.45, 2.75) is 32.8 Å². The van der Waals surface area contributed by atoms with Gasteiger partial charge >= 0.3 is 0 Å². The van der Waals surface area contributed by atoms with E-state index < -0.39 is 0 Å². The Morgan fingerprint density at radius 3 is 2.11 bits per heavy atom. The third-order valence-corrected chi connectivity index (χ3v) is 5.74. The normalized spacial score (nSPS) is 11.1. The second kappa shape index (κ2) is 10.4. The number of ether oxygens (including phenoxy) is 1. The highest BCUT2D eigenvalue weighted by Gasteiger charge is 2.16. The van der Waals surface area contributed by atoms with Crippen LogP contribution in [0.15, 0.2) is 103 Å². The summed E-state index contributed by atoms with van der Waals surface area (Å²) in [5.74, 6) is 0.260. The van der Waals surface area contributed by atoms with Crippen LogP contribution in [0.4, 0.5) is 5.69 Å². The molecule has 0 atom stereocenters. The van der Waals surface area contributed by atoms with E-state index in [1.807, 2.05) is 60.7 Å². The molecule has 0 fully saturated rings. The smallest absolute Gasteiger partial charge is 0.255 e. The minimum atomic E-state index is -0.269. The number of ketones is 1. The molecule has 4 aromatic carbocycles.